The zero-order valence-electron chi connectivity index (χ0n) is 19.8. The van der Waals surface area contributed by atoms with Gasteiger partial charge in [0.25, 0.3) is 5.56 Å². The maximum atomic E-state index is 13.7. The van der Waals surface area contributed by atoms with Crippen LogP contribution in [-0.2, 0) is 19.1 Å². The molecule has 0 fully saturated rings. The van der Waals surface area contributed by atoms with Crippen LogP contribution in [-0.4, -0.2) is 36.8 Å². The van der Waals surface area contributed by atoms with Crippen molar-refractivity contribution in [1.82, 2.24) is 4.57 Å². The summed E-state index contributed by atoms with van der Waals surface area (Å²) in [6.45, 7) is 3.29. The van der Waals surface area contributed by atoms with Gasteiger partial charge >= 0.3 is 11.9 Å². The Hall–Kier alpha value is -3.53. The van der Waals surface area contributed by atoms with Crippen LogP contribution in [0.25, 0.3) is 6.08 Å². The van der Waals surface area contributed by atoms with Gasteiger partial charge in [0.1, 0.15) is 18.4 Å². The summed E-state index contributed by atoms with van der Waals surface area (Å²) in [5.41, 5.74) is 1.41. The molecule has 186 valence electrons. The first-order valence-corrected chi connectivity index (χ1v) is 12.2. The van der Waals surface area contributed by atoms with E-state index in [9.17, 15) is 14.4 Å². The highest BCUT2D eigenvalue weighted by Gasteiger charge is 2.34. The van der Waals surface area contributed by atoms with Gasteiger partial charge in [-0.2, -0.15) is 0 Å². The zero-order valence-corrected chi connectivity index (χ0v) is 21.4. The second kappa shape index (κ2) is 11.0. The topological polar surface area (TPSA) is 96.2 Å². The summed E-state index contributed by atoms with van der Waals surface area (Å²) < 4.78 is 17.5. The number of aromatic nitrogens is 1. The minimum absolute atomic E-state index is 0.0543. The summed E-state index contributed by atoms with van der Waals surface area (Å²) in [5, 5.41) is 0.397. The molecule has 3 aromatic rings. The molecule has 36 heavy (non-hydrogen) atoms. The van der Waals surface area contributed by atoms with Crippen LogP contribution in [0.5, 0.6) is 5.75 Å². The average molecular weight is 527 g/mol. The molecule has 4 rings (SSSR count). The van der Waals surface area contributed by atoms with E-state index in [0.717, 1.165) is 0 Å². The minimum atomic E-state index is -0.837. The summed E-state index contributed by atoms with van der Waals surface area (Å²) in [6, 6.07) is 13.1. The highest BCUT2D eigenvalue weighted by Crippen LogP contribution is 2.34. The minimum Gasteiger partial charge on any atom is -0.460 e. The molecule has 1 unspecified atom stereocenters. The molecule has 0 N–H and O–H groups in total. The first-order chi connectivity index (χ1) is 17.3. The molecule has 8 nitrogen and oxygen atoms in total. The molecule has 0 bridgehead atoms. The van der Waals surface area contributed by atoms with E-state index < -0.39 is 18.0 Å². The van der Waals surface area contributed by atoms with Crippen LogP contribution in [0.4, 0.5) is 0 Å². The molecule has 0 saturated carbocycles. The van der Waals surface area contributed by atoms with Crippen LogP contribution < -0.4 is 19.6 Å². The number of halogens is 1. The molecule has 2 heterocycles. The highest BCUT2D eigenvalue weighted by molar-refractivity contribution is 7.07. The van der Waals surface area contributed by atoms with Crippen molar-refractivity contribution in [3.05, 3.63) is 95.6 Å². The number of para-hydroxylation sites is 1. The van der Waals surface area contributed by atoms with Gasteiger partial charge in [-0.25, -0.2) is 9.79 Å². The van der Waals surface area contributed by atoms with Gasteiger partial charge in [0.15, 0.2) is 4.80 Å². The molecule has 0 spiro atoms. The summed E-state index contributed by atoms with van der Waals surface area (Å²) in [4.78, 5) is 43.3. The number of benzene rings is 2. The van der Waals surface area contributed by atoms with Gasteiger partial charge in [0.2, 0.25) is 0 Å². The number of thiazole rings is 1. The zero-order chi connectivity index (χ0) is 25.8. The molecular weight excluding hydrogens is 504 g/mol. The quantitative estimate of drug-likeness (QED) is 0.267. The van der Waals surface area contributed by atoms with Gasteiger partial charge in [0, 0.05) is 24.6 Å². The summed E-state index contributed by atoms with van der Waals surface area (Å²) >= 11 is 7.70. The van der Waals surface area contributed by atoms with E-state index in [1.54, 1.807) is 61.5 Å². The first kappa shape index (κ1) is 25.6. The number of rotatable bonds is 7. The lowest BCUT2D eigenvalue weighted by Gasteiger charge is -2.25. The van der Waals surface area contributed by atoms with Crippen LogP contribution in [0.2, 0.25) is 5.02 Å². The largest absolute Gasteiger partial charge is 0.460 e. The van der Waals surface area contributed by atoms with E-state index in [1.807, 2.05) is 0 Å². The van der Waals surface area contributed by atoms with E-state index >= 15 is 0 Å². The van der Waals surface area contributed by atoms with Crippen LogP contribution in [0.15, 0.2) is 69.6 Å². The van der Waals surface area contributed by atoms with Crippen molar-refractivity contribution in [2.24, 2.45) is 4.99 Å². The third-order valence-corrected chi connectivity index (χ3v) is 6.75. The second-order valence-corrected chi connectivity index (χ2v) is 9.28. The fourth-order valence-corrected chi connectivity index (χ4v) is 5.13. The van der Waals surface area contributed by atoms with Gasteiger partial charge in [-0.15, -0.1) is 0 Å². The van der Waals surface area contributed by atoms with Gasteiger partial charge in [-0.1, -0.05) is 59.3 Å². The standard InChI is InChI=1S/C26H23ClN2O6S/c1-15-22(25(32)34-13-12-33-3)23(18-9-5-6-10-19(18)27)29-24(31)21(36-26(29)28-15)14-17-8-4-7-11-20(17)35-16(2)30/h4-11,14,23H,12-13H2,1-3H3/b21-14+. The van der Waals surface area contributed by atoms with Gasteiger partial charge in [-0.3, -0.25) is 14.2 Å². The van der Waals surface area contributed by atoms with Gasteiger partial charge in [-0.05, 0) is 30.7 Å². The lowest BCUT2D eigenvalue weighted by Crippen LogP contribution is -2.40. The van der Waals surface area contributed by atoms with Crippen molar-refractivity contribution in [1.29, 1.82) is 0 Å². The Labute approximate surface area is 215 Å². The predicted octanol–water partition coefficient (Wildman–Crippen LogP) is 3.00. The molecule has 0 amide bonds. The average Bonchev–Trinajstić information content (AvgIpc) is 3.14. The summed E-state index contributed by atoms with van der Waals surface area (Å²) in [7, 11) is 1.51. The van der Waals surface area contributed by atoms with E-state index in [1.165, 1.54) is 29.9 Å². The maximum absolute atomic E-state index is 13.7. The predicted molar refractivity (Wildman–Crippen MR) is 136 cm³/mol. The third-order valence-electron chi connectivity index (χ3n) is 5.42. The number of ether oxygens (including phenoxy) is 3. The fraction of sp³-hybridized carbons (Fsp3) is 0.231. The SMILES string of the molecule is COCCOC(=O)C1=C(C)N=c2s/c(=C/c3ccccc3OC(C)=O)c(=O)n2C1c1ccccc1Cl. The Morgan fingerprint density at radius 1 is 1.14 bits per heavy atom. The highest BCUT2D eigenvalue weighted by atomic mass is 35.5. The lowest BCUT2D eigenvalue weighted by molar-refractivity contribution is -0.140. The van der Waals surface area contributed by atoms with Crippen molar-refractivity contribution < 1.29 is 23.8 Å². The van der Waals surface area contributed by atoms with E-state index in [-0.39, 0.29) is 24.3 Å². The number of fused-ring (bicyclic) bond motifs is 1. The van der Waals surface area contributed by atoms with Crippen molar-refractivity contribution in [3.8, 4) is 5.75 Å². The number of carbonyl (C=O) groups excluding carboxylic acids is 2. The molecule has 0 aliphatic carbocycles. The Balaban J connectivity index is 1.91. The van der Waals surface area contributed by atoms with Crippen molar-refractivity contribution in [2.75, 3.05) is 20.3 Å². The Bertz CT molecular complexity index is 1540. The van der Waals surface area contributed by atoms with Crippen LogP contribution in [0, 0.1) is 0 Å². The van der Waals surface area contributed by atoms with Crippen molar-refractivity contribution >= 4 is 41.0 Å². The Morgan fingerprint density at radius 2 is 1.86 bits per heavy atom. The fourth-order valence-electron chi connectivity index (χ4n) is 3.86. The number of methoxy groups -OCH3 is 1. The van der Waals surface area contributed by atoms with E-state index in [0.29, 0.717) is 36.9 Å². The number of carbonyl (C=O) groups is 2. The molecular formula is C26H23ClN2O6S. The molecule has 1 aliphatic rings. The van der Waals surface area contributed by atoms with Gasteiger partial charge in [0.05, 0.1) is 22.4 Å². The second-order valence-electron chi connectivity index (χ2n) is 7.86. The number of allylic oxidation sites excluding steroid dienone is 1. The summed E-state index contributed by atoms with van der Waals surface area (Å²) in [5.74, 6) is -0.743. The number of esters is 2. The normalized spacial score (nSPS) is 15.3. The summed E-state index contributed by atoms with van der Waals surface area (Å²) in [6.07, 6.45) is 1.64. The molecule has 1 atom stereocenters. The van der Waals surface area contributed by atoms with E-state index in [4.69, 9.17) is 25.8 Å². The molecule has 10 heteroatoms. The monoisotopic (exact) mass is 526 g/mol. The number of hydrogen-bond donors (Lipinski definition) is 0. The third kappa shape index (κ3) is 5.18. The number of nitrogens with zero attached hydrogens (tertiary/aromatic N) is 2. The van der Waals surface area contributed by atoms with E-state index in [2.05, 4.69) is 4.99 Å². The van der Waals surface area contributed by atoms with Crippen LogP contribution in [0.3, 0.4) is 0 Å². The molecule has 1 aliphatic heterocycles. The van der Waals surface area contributed by atoms with Crippen LogP contribution >= 0.6 is 22.9 Å². The molecule has 2 aromatic carbocycles. The smallest absolute Gasteiger partial charge is 0.338 e. The lowest BCUT2D eigenvalue weighted by atomic mass is 9.96. The van der Waals surface area contributed by atoms with Crippen molar-refractivity contribution in [3.63, 3.8) is 0 Å². The molecule has 0 saturated heterocycles. The molecule has 0 radical (unpaired) electrons. The Kier molecular flexibility index (Phi) is 7.83. The first-order valence-electron chi connectivity index (χ1n) is 11.0. The van der Waals surface area contributed by atoms with Crippen LogP contribution in [0.1, 0.15) is 31.0 Å². The number of hydrogen-bond acceptors (Lipinski definition) is 8. The van der Waals surface area contributed by atoms with Crippen molar-refractivity contribution in [2.45, 2.75) is 19.9 Å². The molecule has 1 aromatic heterocycles. The Morgan fingerprint density at radius 3 is 2.58 bits per heavy atom. The van der Waals surface area contributed by atoms with Gasteiger partial charge < -0.3 is 14.2 Å². The maximum Gasteiger partial charge on any atom is 0.338 e.